The molecule has 19 heavy (non-hydrogen) atoms. The minimum atomic E-state index is -1.12. The van der Waals surface area contributed by atoms with E-state index in [-0.39, 0.29) is 12.8 Å². The maximum atomic E-state index is 12.9. The lowest BCUT2D eigenvalue weighted by molar-refractivity contribution is -0.141. The van der Waals surface area contributed by atoms with Crippen molar-refractivity contribution in [3.63, 3.8) is 0 Å². The van der Waals surface area contributed by atoms with Gasteiger partial charge in [-0.1, -0.05) is 17.7 Å². The van der Waals surface area contributed by atoms with Crippen LogP contribution < -0.4 is 5.32 Å². The van der Waals surface area contributed by atoms with Crippen molar-refractivity contribution in [1.29, 1.82) is 0 Å². The molecule has 0 aliphatic carbocycles. The van der Waals surface area contributed by atoms with Gasteiger partial charge in [-0.2, -0.15) is 0 Å². The first-order valence-corrected chi connectivity index (χ1v) is 5.79. The van der Waals surface area contributed by atoms with Crippen LogP contribution in [0, 0.1) is 5.82 Å². The third-order valence-corrected chi connectivity index (χ3v) is 2.44. The number of carbonyl (C=O) groups is 2. The van der Waals surface area contributed by atoms with E-state index in [9.17, 15) is 14.0 Å². The molecule has 0 unspecified atom stereocenters. The Bertz CT molecular complexity index is 499. The second-order valence-corrected chi connectivity index (χ2v) is 4.43. The van der Waals surface area contributed by atoms with Crippen LogP contribution in [0.25, 0.3) is 0 Å². The smallest absolute Gasteiger partial charge is 0.326 e. The Morgan fingerprint density at radius 1 is 1.47 bits per heavy atom. The van der Waals surface area contributed by atoms with Crippen molar-refractivity contribution in [2.24, 2.45) is 0 Å². The Kier molecular flexibility index (Phi) is 5.23. The van der Waals surface area contributed by atoms with Crippen molar-refractivity contribution in [2.75, 3.05) is 0 Å². The number of halogens is 1. The van der Waals surface area contributed by atoms with Crippen LogP contribution in [0.2, 0.25) is 0 Å². The van der Waals surface area contributed by atoms with E-state index in [1.807, 2.05) is 0 Å². The van der Waals surface area contributed by atoms with Gasteiger partial charge in [0.25, 0.3) is 0 Å². The summed E-state index contributed by atoms with van der Waals surface area (Å²) in [5, 5.41) is 11.4. The highest BCUT2D eigenvalue weighted by atomic mass is 19.1. The maximum Gasteiger partial charge on any atom is 0.326 e. The molecule has 0 spiro atoms. The second-order valence-electron chi connectivity index (χ2n) is 4.43. The normalized spacial score (nSPS) is 11.7. The minimum Gasteiger partial charge on any atom is -0.480 e. The number of carboxylic acids is 1. The number of carbonyl (C=O) groups excluding carboxylic acids is 1. The lowest BCUT2D eigenvalue weighted by Gasteiger charge is -2.14. The molecule has 1 rings (SSSR count). The number of amides is 1. The van der Waals surface area contributed by atoms with E-state index in [0.717, 1.165) is 0 Å². The zero-order valence-corrected chi connectivity index (χ0v) is 10.6. The molecule has 0 radical (unpaired) electrons. The molecule has 2 N–H and O–H groups in total. The fourth-order valence-electron chi connectivity index (χ4n) is 1.63. The molecule has 5 heteroatoms. The Morgan fingerprint density at radius 3 is 2.68 bits per heavy atom. The highest BCUT2D eigenvalue weighted by molar-refractivity contribution is 5.85. The van der Waals surface area contributed by atoms with Gasteiger partial charge in [-0.25, -0.2) is 9.18 Å². The van der Waals surface area contributed by atoms with Gasteiger partial charge in [0, 0.05) is 0 Å². The van der Waals surface area contributed by atoms with Crippen LogP contribution >= 0.6 is 0 Å². The summed E-state index contributed by atoms with van der Waals surface area (Å²) in [5.74, 6) is -2.00. The first kappa shape index (κ1) is 14.9. The van der Waals surface area contributed by atoms with Gasteiger partial charge in [-0.05, 0) is 31.0 Å². The highest BCUT2D eigenvalue weighted by Crippen LogP contribution is 2.06. The number of rotatable bonds is 6. The van der Waals surface area contributed by atoms with Crippen LogP contribution in [-0.2, 0) is 16.0 Å². The largest absolute Gasteiger partial charge is 0.480 e. The fraction of sp³-hybridized carbons (Fsp3) is 0.286. The number of nitrogens with one attached hydrogen (secondary N) is 1. The Balaban J connectivity index is 2.62. The van der Waals surface area contributed by atoms with Gasteiger partial charge in [0.1, 0.15) is 11.9 Å². The van der Waals surface area contributed by atoms with E-state index < -0.39 is 23.7 Å². The van der Waals surface area contributed by atoms with E-state index in [1.54, 1.807) is 13.0 Å². The average Bonchev–Trinajstić information content (AvgIpc) is 2.27. The SMILES string of the molecule is C=C(C)C[C@H](NC(=O)Cc1cccc(F)c1)C(=O)O. The average molecular weight is 265 g/mol. The molecule has 1 atom stereocenters. The number of hydrogen-bond acceptors (Lipinski definition) is 2. The lowest BCUT2D eigenvalue weighted by Crippen LogP contribution is -2.41. The summed E-state index contributed by atoms with van der Waals surface area (Å²) < 4.78 is 12.9. The Morgan fingerprint density at radius 2 is 2.16 bits per heavy atom. The van der Waals surface area contributed by atoms with Gasteiger partial charge in [-0.3, -0.25) is 4.79 Å². The van der Waals surface area contributed by atoms with E-state index in [4.69, 9.17) is 5.11 Å². The van der Waals surface area contributed by atoms with Crippen LogP contribution in [0.1, 0.15) is 18.9 Å². The van der Waals surface area contributed by atoms with Gasteiger partial charge in [0.2, 0.25) is 5.91 Å². The van der Waals surface area contributed by atoms with E-state index >= 15 is 0 Å². The molecule has 4 nitrogen and oxygen atoms in total. The van der Waals surface area contributed by atoms with Crippen molar-refractivity contribution in [1.82, 2.24) is 5.32 Å². The van der Waals surface area contributed by atoms with Crippen molar-refractivity contribution < 1.29 is 19.1 Å². The maximum absolute atomic E-state index is 12.9. The summed E-state index contributed by atoms with van der Waals surface area (Å²) in [7, 11) is 0. The van der Waals surface area contributed by atoms with Gasteiger partial charge in [0.15, 0.2) is 0 Å². The number of aliphatic carboxylic acids is 1. The van der Waals surface area contributed by atoms with Gasteiger partial charge in [0.05, 0.1) is 6.42 Å². The summed E-state index contributed by atoms with van der Waals surface area (Å²) in [6.07, 6.45) is 0.113. The first-order valence-electron chi connectivity index (χ1n) is 5.79. The second kappa shape index (κ2) is 6.68. The van der Waals surface area contributed by atoms with Crippen LogP contribution in [-0.4, -0.2) is 23.0 Å². The Hall–Kier alpha value is -2.17. The molecule has 0 aliphatic heterocycles. The van der Waals surface area contributed by atoms with E-state index in [2.05, 4.69) is 11.9 Å². The zero-order chi connectivity index (χ0) is 14.4. The molecule has 0 aliphatic rings. The molecule has 0 saturated heterocycles. The van der Waals surface area contributed by atoms with Crippen LogP contribution in [0.3, 0.4) is 0 Å². The molecular weight excluding hydrogens is 249 g/mol. The van der Waals surface area contributed by atoms with E-state index in [1.165, 1.54) is 18.2 Å². The number of hydrogen-bond donors (Lipinski definition) is 2. The first-order chi connectivity index (χ1) is 8.88. The molecule has 0 aromatic heterocycles. The predicted octanol–water partition coefficient (Wildman–Crippen LogP) is 1.90. The molecule has 0 bridgehead atoms. The van der Waals surface area contributed by atoms with Crippen molar-refractivity contribution in [2.45, 2.75) is 25.8 Å². The van der Waals surface area contributed by atoms with Gasteiger partial charge >= 0.3 is 5.97 Å². The summed E-state index contributed by atoms with van der Waals surface area (Å²) in [5.41, 5.74) is 1.16. The van der Waals surface area contributed by atoms with Gasteiger partial charge in [-0.15, -0.1) is 6.58 Å². The lowest BCUT2D eigenvalue weighted by atomic mass is 10.1. The van der Waals surface area contributed by atoms with Crippen LogP contribution in [0.5, 0.6) is 0 Å². The monoisotopic (exact) mass is 265 g/mol. The number of benzene rings is 1. The molecule has 0 saturated carbocycles. The topological polar surface area (TPSA) is 66.4 Å². The predicted molar refractivity (Wildman–Crippen MR) is 69.1 cm³/mol. The molecule has 0 fully saturated rings. The minimum absolute atomic E-state index is 0.0578. The molecule has 102 valence electrons. The van der Waals surface area contributed by atoms with Crippen LogP contribution in [0.15, 0.2) is 36.4 Å². The third kappa shape index (κ3) is 5.33. The van der Waals surface area contributed by atoms with Crippen molar-refractivity contribution >= 4 is 11.9 Å². The standard InChI is InChI=1S/C14H16FNO3/c1-9(2)6-12(14(18)19)16-13(17)8-10-4-3-5-11(15)7-10/h3-5,7,12H,1,6,8H2,2H3,(H,16,17)(H,18,19)/t12-/m0/s1. The van der Waals surface area contributed by atoms with Crippen LogP contribution in [0.4, 0.5) is 4.39 Å². The summed E-state index contributed by atoms with van der Waals surface area (Å²) >= 11 is 0. The molecular formula is C14H16FNO3. The van der Waals surface area contributed by atoms with Crippen molar-refractivity contribution in [3.8, 4) is 0 Å². The Labute approximate surface area is 110 Å². The number of carboxylic acid groups (broad SMARTS) is 1. The van der Waals surface area contributed by atoms with E-state index in [0.29, 0.717) is 11.1 Å². The summed E-state index contributed by atoms with van der Waals surface area (Å²) in [4.78, 5) is 22.7. The molecule has 1 aromatic carbocycles. The fourth-order valence-corrected chi connectivity index (χ4v) is 1.63. The summed E-state index contributed by atoms with van der Waals surface area (Å²) in [6.45, 7) is 5.31. The molecule has 0 heterocycles. The highest BCUT2D eigenvalue weighted by Gasteiger charge is 2.19. The molecule has 1 aromatic rings. The quantitative estimate of drug-likeness (QED) is 0.772. The van der Waals surface area contributed by atoms with Crippen molar-refractivity contribution in [3.05, 3.63) is 47.8 Å². The zero-order valence-electron chi connectivity index (χ0n) is 10.6. The summed E-state index contributed by atoms with van der Waals surface area (Å²) in [6, 6.07) is 4.63. The van der Waals surface area contributed by atoms with Gasteiger partial charge < -0.3 is 10.4 Å². The molecule has 1 amide bonds. The third-order valence-electron chi connectivity index (χ3n) is 2.44.